The first-order valence-electron chi connectivity index (χ1n) is 5.02. The van der Waals surface area contributed by atoms with E-state index in [1.165, 1.54) is 6.07 Å². The molecule has 7 heteroatoms. The van der Waals surface area contributed by atoms with Gasteiger partial charge in [-0.2, -0.15) is 5.26 Å². The number of hydrogen-bond acceptors (Lipinski definition) is 5. The Hall–Kier alpha value is -2.13. The highest BCUT2D eigenvalue weighted by Gasteiger charge is 2.22. The first-order valence-corrected chi connectivity index (χ1v) is 5.40. The van der Waals surface area contributed by atoms with Gasteiger partial charge in [-0.05, 0) is 13.0 Å². The summed E-state index contributed by atoms with van der Waals surface area (Å²) in [5.41, 5.74) is -0.464. The monoisotopic (exact) mass is 268 g/mol. The van der Waals surface area contributed by atoms with Gasteiger partial charge >= 0.3 is 5.97 Å². The molecule has 0 saturated carbocycles. The highest BCUT2D eigenvalue weighted by molar-refractivity contribution is 6.31. The summed E-state index contributed by atoms with van der Waals surface area (Å²) >= 11 is 5.85. The fraction of sp³-hybridized carbons (Fsp3) is 0.273. The number of esters is 1. The number of benzene rings is 1. The number of nitrogens with zero attached hydrogens (tertiary/aromatic N) is 2. The third kappa shape index (κ3) is 2.96. The summed E-state index contributed by atoms with van der Waals surface area (Å²) in [6, 6.07) is 4.12. The number of hydrogen-bond donors (Lipinski definition) is 0. The molecule has 0 aromatic heterocycles. The summed E-state index contributed by atoms with van der Waals surface area (Å²) in [6.45, 7) is 1.82. The Kier molecular flexibility index (Phi) is 4.63. The SMILES string of the molecule is CCOC(=O)Cc1c(Cl)ccc([N+](=O)[O-])c1C#N. The first kappa shape index (κ1) is 13.9. The summed E-state index contributed by atoms with van der Waals surface area (Å²) in [7, 11) is 0. The van der Waals surface area contributed by atoms with Crippen LogP contribution in [0, 0.1) is 21.4 Å². The minimum Gasteiger partial charge on any atom is -0.466 e. The predicted molar refractivity (Wildman–Crippen MR) is 63.2 cm³/mol. The summed E-state index contributed by atoms with van der Waals surface area (Å²) in [5, 5.41) is 19.8. The Bertz CT molecular complexity index is 537. The number of carbonyl (C=O) groups is 1. The number of halogens is 1. The third-order valence-corrected chi connectivity index (χ3v) is 2.52. The fourth-order valence-corrected chi connectivity index (χ4v) is 1.64. The van der Waals surface area contributed by atoms with Gasteiger partial charge in [0.1, 0.15) is 11.6 Å². The molecule has 0 spiro atoms. The molecule has 0 aliphatic heterocycles. The summed E-state index contributed by atoms with van der Waals surface area (Å²) in [5.74, 6) is -0.587. The van der Waals surface area contributed by atoms with E-state index < -0.39 is 10.9 Å². The lowest BCUT2D eigenvalue weighted by atomic mass is 10.0. The van der Waals surface area contributed by atoms with Crippen LogP contribution in [0.5, 0.6) is 0 Å². The van der Waals surface area contributed by atoms with Gasteiger partial charge < -0.3 is 4.74 Å². The molecular weight excluding hydrogens is 260 g/mol. The maximum absolute atomic E-state index is 11.4. The van der Waals surface area contributed by atoms with Gasteiger partial charge in [0.25, 0.3) is 5.69 Å². The molecule has 0 bridgehead atoms. The lowest BCUT2D eigenvalue weighted by Crippen LogP contribution is -2.10. The molecule has 1 rings (SSSR count). The molecule has 0 unspecified atom stereocenters. The Morgan fingerprint density at radius 2 is 2.28 bits per heavy atom. The molecule has 0 saturated heterocycles. The zero-order chi connectivity index (χ0) is 13.7. The van der Waals surface area contributed by atoms with Crippen molar-refractivity contribution in [1.29, 1.82) is 5.26 Å². The van der Waals surface area contributed by atoms with Crippen LogP contribution in [0.1, 0.15) is 18.1 Å². The number of nitriles is 1. The van der Waals surface area contributed by atoms with Crippen molar-refractivity contribution < 1.29 is 14.5 Å². The van der Waals surface area contributed by atoms with E-state index in [0.717, 1.165) is 6.07 Å². The van der Waals surface area contributed by atoms with Gasteiger partial charge in [0.15, 0.2) is 0 Å². The summed E-state index contributed by atoms with van der Waals surface area (Å²) < 4.78 is 4.72. The van der Waals surface area contributed by atoms with Gasteiger partial charge in [-0.25, -0.2) is 0 Å². The highest BCUT2D eigenvalue weighted by atomic mass is 35.5. The third-order valence-electron chi connectivity index (χ3n) is 2.17. The van der Waals surface area contributed by atoms with E-state index in [-0.39, 0.29) is 34.9 Å². The van der Waals surface area contributed by atoms with E-state index in [9.17, 15) is 14.9 Å². The molecule has 0 radical (unpaired) electrons. The van der Waals surface area contributed by atoms with Crippen LogP contribution < -0.4 is 0 Å². The van der Waals surface area contributed by atoms with Crippen LogP contribution in [0.15, 0.2) is 12.1 Å². The Balaban J connectivity index is 3.25. The van der Waals surface area contributed by atoms with Gasteiger partial charge in [0, 0.05) is 16.7 Å². The Labute approximate surface area is 108 Å². The normalized spacial score (nSPS) is 9.61. The van der Waals surface area contributed by atoms with Crippen molar-refractivity contribution in [3.63, 3.8) is 0 Å². The van der Waals surface area contributed by atoms with Gasteiger partial charge in [0.05, 0.1) is 18.0 Å². The van der Waals surface area contributed by atoms with E-state index in [2.05, 4.69) is 0 Å². The van der Waals surface area contributed by atoms with E-state index in [0.29, 0.717) is 0 Å². The minimum atomic E-state index is -0.691. The van der Waals surface area contributed by atoms with Gasteiger partial charge in [0.2, 0.25) is 0 Å². The van der Waals surface area contributed by atoms with E-state index in [1.54, 1.807) is 13.0 Å². The number of carbonyl (C=O) groups excluding carboxylic acids is 1. The van der Waals surface area contributed by atoms with Crippen molar-refractivity contribution in [3.05, 3.63) is 38.4 Å². The topological polar surface area (TPSA) is 93.2 Å². The standard InChI is InChI=1S/C11H9ClN2O4/c1-2-18-11(15)5-7-8(6-13)10(14(16)17)4-3-9(7)12/h3-4H,2,5H2,1H3. The van der Waals surface area contributed by atoms with E-state index in [1.807, 2.05) is 0 Å². The average molecular weight is 269 g/mol. The second-order valence-electron chi connectivity index (χ2n) is 3.27. The van der Waals surface area contributed by atoms with Crippen molar-refractivity contribution in [2.75, 3.05) is 6.61 Å². The molecule has 0 fully saturated rings. The smallest absolute Gasteiger partial charge is 0.310 e. The number of nitro benzene ring substituents is 1. The first-order chi connectivity index (χ1) is 8.51. The molecule has 1 aromatic rings. The van der Waals surface area contributed by atoms with Crippen LogP contribution in [-0.2, 0) is 16.0 Å². The van der Waals surface area contributed by atoms with Crippen LogP contribution in [0.2, 0.25) is 5.02 Å². The molecule has 0 amide bonds. The molecule has 18 heavy (non-hydrogen) atoms. The number of rotatable bonds is 4. The molecule has 0 aliphatic rings. The average Bonchev–Trinajstić information content (AvgIpc) is 2.31. The van der Waals surface area contributed by atoms with Gasteiger partial charge in [-0.15, -0.1) is 0 Å². The lowest BCUT2D eigenvalue weighted by Gasteiger charge is -2.06. The summed E-state index contributed by atoms with van der Waals surface area (Å²) in [4.78, 5) is 21.4. The quantitative estimate of drug-likeness (QED) is 0.474. The Morgan fingerprint density at radius 3 is 2.78 bits per heavy atom. The predicted octanol–water partition coefficient (Wildman–Crippen LogP) is 2.23. The molecule has 94 valence electrons. The van der Waals surface area contributed by atoms with Crippen molar-refractivity contribution in [2.24, 2.45) is 0 Å². The second kappa shape index (κ2) is 5.98. The van der Waals surface area contributed by atoms with Gasteiger partial charge in [-0.1, -0.05) is 11.6 Å². The minimum absolute atomic E-state index is 0.117. The zero-order valence-corrected chi connectivity index (χ0v) is 10.2. The van der Waals surface area contributed by atoms with Gasteiger partial charge in [-0.3, -0.25) is 14.9 Å². The van der Waals surface area contributed by atoms with Crippen molar-refractivity contribution in [2.45, 2.75) is 13.3 Å². The molecule has 0 aliphatic carbocycles. The van der Waals surface area contributed by atoms with Crippen molar-refractivity contribution in [1.82, 2.24) is 0 Å². The van der Waals surface area contributed by atoms with Crippen molar-refractivity contribution >= 4 is 23.3 Å². The fourth-order valence-electron chi connectivity index (χ4n) is 1.42. The molecule has 6 nitrogen and oxygen atoms in total. The molecule has 0 N–H and O–H groups in total. The number of nitro groups is 1. The highest BCUT2D eigenvalue weighted by Crippen LogP contribution is 2.28. The van der Waals surface area contributed by atoms with Crippen LogP contribution >= 0.6 is 11.6 Å². The van der Waals surface area contributed by atoms with Crippen LogP contribution in [0.3, 0.4) is 0 Å². The van der Waals surface area contributed by atoms with Crippen LogP contribution in [0.25, 0.3) is 0 Å². The largest absolute Gasteiger partial charge is 0.466 e. The molecule has 1 aromatic carbocycles. The Morgan fingerprint density at radius 1 is 1.61 bits per heavy atom. The zero-order valence-electron chi connectivity index (χ0n) is 9.47. The van der Waals surface area contributed by atoms with Crippen molar-refractivity contribution in [3.8, 4) is 6.07 Å². The molecular formula is C11H9ClN2O4. The summed E-state index contributed by atoms with van der Waals surface area (Å²) in [6.07, 6.45) is -0.267. The molecule has 0 atom stereocenters. The van der Waals surface area contributed by atoms with Crippen LogP contribution in [0.4, 0.5) is 5.69 Å². The maximum atomic E-state index is 11.4. The molecule has 0 heterocycles. The van der Waals surface area contributed by atoms with E-state index >= 15 is 0 Å². The van der Waals surface area contributed by atoms with E-state index in [4.69, 9.17) is 21.6 Å². The number of ether oxygens (including phenoxy) is 1. The second-order valence-corrected chi connectivity index (χ2v) is 3.68. The lowest BCUT2D eigenvalue weighted by molar-refractivity contribution is -0.385. The maximum Gasteiger partial charge on any atom is 0.310 e. The van der Waals surface area contributed by atoms with Crippen LogP contribution in [-0.4, -0.2) is 17.5 Å².